The second-order valence-corrected chi connectivity index (χ2v) is 6.02. The van der Waals surface area contributed by atoms with Gasteiger partial charge in [-0.15, -0.1) is 0 Å². The van der Waals surface area contributed by atoms with Crippen molar-refractivity contribution in [2.24, 2.45) is 17.6 Å². The van der Waals surface area contributed by atoms with Gasteiger partial charge in [0, 0.05) is 12.1 Å². The zero-order valence-corrected chi connectivity index (χ0v) is 11.9. The summed E-state index contributed by atoms with van der Waals surface area (Å²) in [5.41, 5.74) is 6.27. The largest absolute Gasteiger partial charge is 0.468 e. The van der Waals surface area contributed by atoms with Crippen molar-refractivity contribution in [2.75, 3.05) is 13.6 Å². The molecule has 1 aromatic heterocycles. The Morgan fingerprint density at radius 1 is 1.50 bits per heavy atom. The monoisotopic (exact) mass is 250 g/mol. The predicted octanol–water partition coefficient (Wildman–Crippen LogP) is 2.87. The first kappa shape index (κ1) is 13.6. The fourth-order valence-corrected chi connectivity index (χ4v) is 3.50. The molecular formula is C15H26N2O. The molecule has 3 unspecified atom stereocenters. The molecular weight excluding hydrogens is 224 g/mol. The number of likely N-dealkylation sites (N-methyl/N-ethyl adjacent to an activating group) is 1. The average Bonchev–Trinajstić information content (AvgIpc) is 2.82. The summed E-state index contributed by atoms with van der Waals surface area (Å²) in [6, 6.07) is 3.99. The first-order chi connectivity index (χ1) is 8.58. The van der Waals surface area contributed by atoms with Crippen molar-refractivity contribution in [1.82, 2.24) is 4.90 Å². The molecule has 2 rings (SSSR count). The van der Waals surface area contributed by atoms with Gasteiger partial charge in [-0.05, 0) is 50.3 Å². The van der Waals surface area contributed by atoms with Crippen LogP contribution in [-0.4, -0.2) is 24.0 Å². The molecule has 0 aromatic carbocycles. The van der Waals surface area contributed by atoms with Gasteiger partial charge in [-0.25, -0.2) is 0 Å². The molecule has 1 heterocycles. The van der Waals surface area contributed by atoms with E-state index in [4.69, 9.17) is 10.2 Å². The highest BCUT2D eigenvalue weighted by Gasteiger charge is 2.42. The van der Waals surface area contributed by atoms with Gasteiger partial charge in [0.05, 0.1) is 12.8 Å². The van der Waals surface area contributed by atoms with Crippen LogP contribution in [0.1, 0.15) is 38.9 Å². The van der Waals surface area contributed by atoms with E-state index in [1.54, 1.807) is 6.26 Å². The Labute approximate surface area is 110 Å². The molecule has 1 aromatic rings. The van der Waals surface area contributed by atoms with Gasteiger partial charge in [-0.3, -0.25) is 4.90 Å². The lowest BCUT2D eigenvalue weighted by atomic mass is 9.69. The van der Waals surface area contributed by atoms with Crippen LogP contribution in [0.15, 0.2) is 22.8 Å². The number of nitrogens with two attached hydrogens (primary N) is 1. The van der Waals surface area contributed by atoms with E-state index in [0.29, 0.717) is 5.92 Å². The molecule has 0 spiro atoms. The Balaban J connectivity index is 2.11. The minimum Gasteiger partial charge on any atom is -0.468 e. The summed E-state index contributed by atoms with van der Waals surface area (Å²) < 4.78 is 5.46. The Kier molecular flexibility index (Phi) is 4.13. The normalized spacial score (nSPS) is 32.9. The Hall–Kier alpha value is -0.800. The summed E-state index contributed by atoms with van der Waals surface area (Å²) in [5.74, 6) is 2.50. The van der Waals surface area contributed by atoms with E-state index in [9.17, 15) is 0 Å². The van der Waals surface area contributed by atoms with Gasteiger partial charge < -0.3 is 10.2 Å². The molecule has 0 amide bonds. The molecule has 2 N–H and O–H groups in total. The smallest absolute Gasteiger partial charge is 0.117 e. The van der Waals surface area contributed by atoms with Gasteiger partial charge in [-0.1, -0.05) is 13.8 Å². The number of nitrogens with zero attached hydrogens (tertiary/aromatic N) is 1. The fraction of sp³-hybridized carbons (Fsp3) is 0.733. The second kappa shape index (κ2) is 5.45. The van der Waals surface area contributed by atoms with Crippen LogP contribution in [0.25, 0.3) is 0 Å². The first-order valence-electron chi connectivity index (χ1n) is 7.02. The van der Waals surface area contributed by atoms with Crippen LogP contribution in [0.5, 0.6) is 0 Å². The Morgan fingerprint density at radius 2 is 2.28 bits per heavy atom. The van der Waals surface area contributed by atoms with E-state index in [2.05, 4.69) is 25.8 Å². The van der Waals surface area contributed by atoms with Gasteiger partial charge in [-0.2, -0.15) is 0 Å². The van der Waals surface area contributed by atoms with Crippen molar-refractivity contribution < 1.29 is 4.42 Å². The summed E-state index contributed by atoms with van der Waals surface area (Å²) in [4.78, 5) is 2.41. The molecule has 1 saturated carbocycles. The molecule has 18 heavy (non-hydrogen) atoms. The number of hydrogen-bond acceptors (Lipinski definition) is 3. The van der Waals surface area contributed by atoms with Gasteiger partial charge in [0.2, 0.25) is 0 Å². The summed E-state index contributed by atoms with van der Waals surface area (Å²) in [6.07, 6.45) is 5.50. The van der Waals surface area contributed by atoms with Crippen LogP contribution in [0.2, 0.25) is 0 Å². The molecule has 3 atom stereocenters. The third kappa shape index (κ3) is 2.47. The standard InChI is InChI=1S/C15H26N2O/c1-12-6-7-15(11-16,13(2)9-12)17(3)10-14-5-4-8-18-14/h4-5,8,12-13H,6-7,9-11,16H2,1-3H3. The fourth-order valence-electron chi connectivity index (χ4n) is 3.50. The van der Waals surface area contributed by atoms with Gasteiger partial charge >= 0.3 is 0 Å². The van der Waals surface area contributed by atoms with E-state index in [-0.39, 0.29) is 5.54 Å². The minimum absolute atomic E-state index is 0.138. The number of furan rings is 1. The van der Waals surface area contributed by atoms with Crippen molar-refractivity contribution >= 4 is 0 Å². The van der Waals surface area contributed by atoms with Gasteiger partial charge in [0.25, 0.3) is 0 Å². The predicted molar refractivity (Wildman–Crippen MR) is 74.1 cm³/mol. The van der Waals surface area contributed by atoms with E-state index in [1.807, 2.05) is 12.1 Å². The molecule has 3 heteroatoms. The number of rotatable bonds is 4. The average molecular weight is 250 g/mol. The zero-order valence-electron chi connectivity index (χ0n) is 11.9. The van der Waals surface area contributed by atoms with Gasteiger partial charge in [0.15, 0.2) is 0 Å². The summed E-state index contributed by atoms with van der Waals surface area (Å²) in [7, 11) is 2.18. The SMILES string of the molecule is CC1CCC(CN)(N(C)Cc2ccco2)C(C)C1. The molecule has 3 nitrogen and oxygen atoms in total. The van der Waals surface area contributed by atoms with Crippen LogP contribution in [0.4, 0.5) is 0 Å². The molecule has 1 fully saturated rings. The number of hydrogen-bond donors (Lipinski definition) is 1. The van der Waals surface area contributed by atoms with Crippen molar-refractivity contribution in [2.45, 2.75) is 45.2 Å². The molecule has 1 aliphatic carbocycles. The van der Waals surface area contributed by atoms with Crippen molar-refractivity contribution in [1.29, 1.82) is 0 Å². The zero-order chi connectivity index (χ0) is 13.2. The van der Waals surface area contributed by atoms with Gasteiger partial charge in [0.1, 0.15) is 5.76 Å². The Morgan fingerprint density at radius 3 is 2.83 bits per heavy atom. The van der Waals surface area contributed by atoms with Crippen LogP contribution in [0.3, 0.4) is 0 Å². The van der Waals surface area contributed by atoms with Crippen LogP contribution in [-0.2, 0) is 6.54 Å². The van der Waals surface area contributed by atoms with Crippen molar-refractivity contribution in [3.05, 3.63) is 24.2 Å². The maximum Gasteiger partial charge on any atom is 0.117 e. The molecule has 0 bridgehead atoms. The van der Waals surface area contributed by atoms with E-state index in [1.165, 1.54) is 19.3 Å². The van der Waals surface area contributed by atoms with E-state index in [0.717, 1.165) is 24.8 Å². The second-order valence-electron chi connectivity index (χ2n) is 6.02. The Bertz CT molecular complexity index is 363. The molecule has 0 saturated heterocycles. The quantitative estimate of drug-likeness (QED) is 0.893. The molecule has 102 valence electrons. The lowest BCUT2D eigenvalue weighted by Crippen LogP contribution is -2.58. The highest BCUT2D eigenvalue weighted by molar-refractivity contribution is 5.03. The molecule has 1 aliphatic rings. The van der Waals surface area contributed by atoms with E-state index >= 15 is 0 Å². The topological polar surface area (TPSA) is 42.4 Å². The highest BCUT2D eigenvalue weighted by atomic mass is 16.3. The lowest BCUT2D eigenvalue weighted by molar-refractivity contribution is 0.00907. The highest BCUT2D eigenvalue weighted by Crippen LogP contribution is 2.40. The first-order valence-corrected chi connectivity index (χ1v) is 7.02. The maximum atomic E-state index is 6.13. The minimum atomic E-state index is 0.138. The third-order valence-electron chi connectivity index (χ3n) is 4.83. The van der Waals surface area contributed by atoms with Crippen LogP contribution in [0, 0.1) is 11.8 Å². The third-order valence-corrected chi connectivity index (χ3v) is 4.83. The summed E-state index contributed by atoms with van der Waals surface area (Å²) in [5, 5.41) is 0. The van der Waals surface area contributed by atoms with Crippen LogP contribution >= 0.6 is 0 Å². The maximum absolute atomic E-state index is 6.13. The lowest BCUT2D eigenvalue weighted by Gasteiger charge is -2.50. The molecule has 0 radical (unpaired) electrons. The van der Waals surface area contributed by atoms with Crippen LogP contribution < -0.4 is 5.73 Å². The van der Waals surface area contributed by atoms with Crippen molar-refractivity contribution in [3.63, 3.8) is 0 Å². The summed E-state index contributed by atoms with van der Waals surface area (Å²) in [6.45, 7) is 6.28. The van der Waals surface area contributed by atoms with Crippen molar-refractivity contribution in [3.8, 4) is 0 Å². The molecule has 0 aliphatic heterocycles. The summed E-state index contributed by atoms with van der Waals surface area (Å²) >= 11 is 0. The van der Waals surface area contributed by atoms with E-state index < -0.39 is 0 Å².